The summed E-state index contributed by atoms with van der Waals surface area (Å²) in [4.78, 5) is 4.01. The zero-order valence-electron chi connectivity index (χ0n) is 13.7. The lowest BCUT2D eigenvalue weighted by Crippen LogP contribution is -2.38. The highest BCUT2D eigenvalue weighted by Crippen LogP contribution is 2.49. The van der Waals surface area contributed by atoms with E-state index in [2.05, 4.69) is 10.1 Å². The highest BCUT2D eigenvalue weighted by molar-refractivity contribution is 5.94. The molecule has 2 N–H and O–H groups in total. The number of nitrogens with zero attached hydrogens (tertiary/aromatic N) is 3. The molecule has 0 spiro atoms. The van der Waals surface area contributed by atoms with E-state index in [1.54, 1.807) is 24.3 Å². The lowest BCUT2D eigenvalue weighted by Gasteiger charge is -2.18. The van der Waals surface area contributed by atoms with Gasteiger partial charge in [-0.1, -0.05) is 12.1 Å². The molecule has 1 saturated carbocycles. The Labute approximate surface area is 148 Å². The fourth-order valence-corrected chi connectivity index (χ4v) is 3.04. The Balaban J connectivity index is 1.76. The van der Waals surface area contributed by atoms with Gasteiger partial charge in [0.25, 0.3) is 0 Å². The second-order valence-corrected chi connectivity index (χ2v) is 6.33. The Morgan fingerprint density at radius 2 is 1.77 bits per heavy atom. The lowest BCUT2D eigenvalue weighted by molar-refractivity contribution is 0.622. The molecule has 1 fully saturated rings. The van der Waals surface area contributed by atoms with Crippen LogP contribution in [0.5, 0.6) is 0 Å². The summed E-state index contributed by atoms with van der Waals surface area (Å²) in [5.74, 6) is -0.629. The molecule has 0 unspecified atom stereocenters. The van der Waals surface area contributed by atoms with E-state index in [0.29, 0.717) is 29.7 Å². The van der Waals surface area contributed by atoms with Gasteiger partial charge in [-0.2, -0.15) is 9.78 Å². The summed E-state index contributed by atoms with van der Waals surface area (Å²) in [6.45, 7) is 0. The van der Waals surface area contributed by atoms with Gasteiger partial charge in [0.15, 0.2) is 0 Å². The monoisotopic (exact) mass is 351 g/mol. The van der Waals surface area contributed by atoms with E-state index < -0.39 is 5.41 Å². The van der Waals surface area contributed by atoms with Crippen molar-refractivity contribution in [3.63, 3.8) is 0 Å². The number of nitrogens with one attached hydrogen (secondary N) is 2. The molecule has 0 saturated heterocycles. The first kappa shape index (κ1) is 16.3. The number of hydrogen-bond donors (Lipinski definition) is 2. The average Bonchev–Trinajstić information content (AvgIpc) is 3.44. The third-order valence-corrected chi connectivity index (χ3v) is 4.65. The molecule has 0 radical (unpaired) electrons. The van der Waals surface area contributed by atoms with Crippen LogP contribution in [0.3, 0.4) is 0 Å². The molecule has 2 aromatic carbocycles. The van der Waals surface area contributed by atoms with Crippen molar-refractivity contribution in [2.75, 3.05) is 0 Å². The fraction of sp³-hybridized carbons (Fsp3) is 0.158. The average molecular weight is 351 g/mol. The van der Waals surface area contributed by atoms with Crippen LogP contribution in [0.1, 0.15) is 18.4 Å². The van der Waals surface area contributed by atoms with Gasteiger partial charge in [0.2, 0.25) is 5.62 Å². The molecule has 0 bridgehead atoms. The summed E-state index contributed by atoms with van der Waals surface area (Å²) < 4.78 is 27.9. The second kappa shape index (κ2) is 5.94. The minimum atomic E-state index is -0.654. The Morgan fingerprint density at radius 3 is 2.42 bits per heavy atom. The molecule has 130 valence electrons. The maximum atomic E-state index is 13.6. The Morgan fingerprint density at radius 1 is 1.04 bits per heavy atom. The van der Waals surface area contributed by atoms with E-state index in [0.717, 1.165) is 4.68 Å². The van der Waals surface area contributed by atoms with Crippen molar-refractivity contribution in [1.82, 2.24) is 14.8 Å². The van der Waals surface area contributed by atoms with Crippen molar-refractivity contribution in [1.29, 1.82) is 10.8 Å². The van der Waals surface area contributed by atoms with E-state index >= 15 is 0 Å². The molecule has 1 aliphatic rings. The number of benzene rings is 2. The largest absolute Gasteiger partial charge is 0.286 e. The van der Waals surface area contributed by atoms with Gasteiger partial charge in [-0.3, -0.25) is 10.8 Å². The van der Waals surface area contributed by atoms with Crippen molar-refractivity contribution >= 4 is 5.84 Å². The maximum Gasteiger partial charge on any atom is 0.244 e. The summed E-state index contributed by atoms with van der Waals surface area (Å²) in [6.07, 6.45) is 2.79. The van der Waals surface area contributed by atoms with Crippen molar-refractivity contribution < 1.29 is 8.78 Å². The maximum absolute atomic E-state index is 13.6. The molecule has 1 aliphatic carbocycles. The van der Waals surface area contributed by atoms with Crippen LogP contribution in [-0.2, 0) is 5.41 Å². The number of rotatable bonds is 3. The Bertz CT molecular complexity index is 1050. The molecule has 4 rings (SSSR count). The van der Waals surface area contributed by atoms with Gasteiger partial charge in [-0.05, 0) is 54.8 Å². The van der Waals surface area contributed by atoms with Crippen LogP contribution in [-0.4, -0.2) is 20.6 Å². The van der Waals surface area contributed by atoms with E-state index in [1.807, 2.05) is 0 Å². The molecule has 1 aromatic heterocycles. The minimum absolute atomic E-state index is 0.0876. The fourth-order valence-electron chi connectivity index (χ4n) is 3.04. The number of hydrogen-bond acceptors (Lipinski definition) is 4. The van der Waals surface area contributed by atoms with Crippen LogP contribution in [0.25, 0.3) is 11.3 Å². The molecule has 1 heterocycles. The SMILES string of the molecule is N=C(n1nc(-c2ccc(F)cc2)cnc1=N)C1(c2cccc(F)c2)CC1. The van der Waals surface area contributed by atoms with Gasteiger partial charge in [-0.15, -0.1) is 0 Å². The predicted octanol–water partition coefficient (Wildman–Crippen LogP) is 3.26. The molecule has 5 nitrogen and oxygen atoms in total. The summed E-state index contributed by atoms with van der Waals surface area (Å²) in [5.41, 5.74) is 0.933. The first-order valence-electron chi connectivity index (χ1n) is 8.12. The summed E-state index contributed by atoms with van der Waals surface area (Å²) >= 11 is 0. The van der Waals surface area contributed by atoms with Crippen LogP contribution >= 0.6 is 0 Å². The third-order valence-electron chi connectivity index (χ3n) is 4.65. The molecule has 26 heavy (non-hydrogen) atoms. The Hall–Kier alpha value is -3.22. The van der Waals surface area contributed by atoms with E-state index in [4.69, 9.17) is 10.8 Å². The summed E-state index contributed by atoms with van der Waals surface area (Å²) in [6, 6.07) is 11.9. The van der Waals surface area contributed by atoms with Crippen LogP contribution in [0.15, 0.2) is 54.7 Å². The topological polar surface area (TPSA) is 78.4 Å². The highest BCUT2D eigenvalue weighted by Gasteiger charge is 2.50. The predicted molar refractivity (Wildman–Crippen MR) is 91.7 cm³/mol. The normalized spacial score (nSPS) is 14.8. The number of halogens is 2. The minimum Gasteiger partial charge on any atom is -0.286 e. The van der Waals surface area contributed by atoms with Crippen molar-refractivity contribution in [3.8, 4) is 11.3 Å². The van der Waals surface area contributed by atoms with Crippen molar-refractivity contribution in [2.45, 2.75) is 18.3 Å². The van der Waals surface area contributed by atoms with Crippen LogP contribution in [0.4, 0.5) is 8.78 Å². The highest BCUT2D eigenvalue weighted by atomic mass is 19.1. The summed E-state index contributed by atoms with van der Waals surface area (Å²) in [7, 11) is 0. The first-order valence-corrected chi connectivity index (χ1v) is 8.12. The molecule has 3 aromatic rings. The Kier molecular flexibility index (Phi) is 3.72. The van der Waals surface area contributed by atoms with Gasteiger partial charge in [0.1, 0.15) is 23.2 Å². The molecular weight excluding hydrogens is 336 g/mol. The van der Waals surface area contributed by atoms with Crippen LogP contribution < -0.4 is 5.62 Å². The lowest BCUT2D eigenvalue weighted by atomic mass is 9.94. The zero-order chi connectivity index (χ0) is 18.3. The molecule has 0 amide bonds. The van der Waals surface area contributed by atoms with Gasteiger partial charge in [-0.25, -0.2) is 13.8 Å². The molecule has 7 heteroatoms. The number of aromatic nitrogens is 3. The van der Waals surface area contributed by atoms with E-state index in [1.165, 1.54) is 30.5 Å². The third kappa shape index (κ3) is 2.71. The smallest absolute Gasteiger partial charge is 0.244 e. The molecule has 0 aliphatic heterocycles. The van der Waals surface area contributed by atoms with Gasteiger partial charge < -0.3 is 0 Å². The quantitative estimate of drug-likeness (QED) is 0.561. The molecular formula is C19H15F2N5. The zero-order valence-corrected chi connectivity index (χ0v) is 13.7. The summed E-state index contributed by atoms with van der Waals surface area (Å²) in [5, 5.41) is 21.0. The van der Waals surface area contributed by atoms with Gasteiger partial charge >= 0.3 is 0 Å². The standard InChI is InChI=1S/C19H15F2N5/c20-14-6-4-12(5-7-14)16-11-24-18(23)26(25-16)17(22)19(8-9-19)13-2-1-3-15(21)10-13/h1-7,10-11,22-23H,8-9H2. The van der Waals surface area contributed by atoms with Crippen LogP contribution in [0, 0.1) is 22.5 Å². The van der Waals surface area contributed by atoms with Crippen LogP contribution in [0.2, 0.25) is 0 Å². The van der Waals surface area contributed by atoms with E-state index in [-0.39, 0.29) is 23.1 Å². The van der Waals surface area contributed by atoms with Crippen molar-refractivity contribution in [3.05, 3.63) is 77.5 Å². The van der Waals surface area contributed by atoms with Gasteiger partial charge in [0.05, 0.1) is 11.6 Å². The first-order chi connectivity index (χ1) is 12.5. The molecule has 0 atom stereocenters. The van der Waals surface area contributed by atoms with Crippen molar-refractivity contribution in [2.24, 2.45) is 0 Å². The second-order valence-electron chi connectivity index (χ2n) is 6.33. The van der Waals surface area contributed by atoms with Gasteiger partial charge in [0, 0.05) is 5.56 Å². The van der Waals surface area contributed by atoms with E-state index in [9.17, 15) is 8.78 Å².